The number of nitrogen functional groups attached to an aromatic ring is 1. The largest absolute Gasteiger partial charge is 0.396 e. The summed E-state index contributed by atoms with van der Waals surface area (Å²) < 4.78 is 0. The lowest BCUT2D eigenvalue weighted by Crippen LogP contribution is -2.31. The molecule has 0 bridgehead atoms. The van der Waals surface area contributed by atoms with Crippen molar-refractivity contribution in [3.8, 4) is 0 Å². The third-order valence-electron chi connectivity index (χ3n) is 2.05. The van der Waals surface area contributed by atoms with Crippen LogP contribution in [0.25, 0.3) is 0 Å². The molecule has 13 heavy (non-hydrogen) atoms. The summed E-state index contributed by atoms with van der Waals surface area (Å²) in [5.41, 5.74) is 6.58. The van der Waals surface area contributed by atoms with Crippen molar-refractivity contribution < 1.29 is 0 Å². The van der Waals surface area contributed by atoms with Crippen molar-refractivity contribution in [2.24, 2.45) is 0 Å². The minimum atomic E-state index is 0.433. The van der Waals surface area contributed by atoms with Gasteiger partial charge in [0.15, 0.2) is 5.82 Å². The number of hydrogen-bond donors (Lipinski definition) is 1. The molecular formula is C10H17N3. The number of nitrogens with zero attached hydrogens (tertiary/aromatic N) is 2. The van der Waals surface area contributed by atoms with E-state index in [4.69, 9.17) is 5.73 Å². The van der Waals surface area contributed by atoms with Crippen LogP contribution in [0.2, 0.25) is 0 Å². The molecule has 72 valence electrons. The molecule has 0 saturated heterocycles. The topological polar surface area (TPSA) is 42.2 Å². The number of hydrogen-bond acceptors (Lipinski definition) is 3. The minimum Gasteiger partial charge on any atom is -0.396 e. The molecular weight excluding hydrogens is 162 g/mol. The highest BCUT2D eigenvalue weighted by molar-refractivity contribution is 5.62. The Morgan fingerprint density at radius 1 is 1.54 bits per heavy atom. The van der Waals surface area contributed by atoms with Gasteiger partial charge in [-0.2, -0.15) is 0 Å². The van der Waals surface area contributed by atoms with Crippen molar-refractivity contribution in [3.63, 3.8) is 0 Å². The van der Waals surface area contributed by atoms with Crippen LogP contribution in [0, 0.1) is 0 Å². The van der Waals surface area contributed by atoms with Crippen LogP contribution in [0.5, 0.6) is 0 Å². The van der Waals surface area contributed by atoms with Crippen LogP contribution in [0.1, 0.15) is 20.8 Å². The summed E-state index contributed by atoms with van der Waals surface area (Å²) in [5.74, 6) is 0.889. The highest BCUT2D eigenvalue weighted by atomic mass is 15.2. The molecule has 0 aliphatic heterocycles. The van der Waals surface area contributed by atoms with E-state index in [2.05, 4.69) is 30.7 Å². The number of rotatable bonds is 3. The van der Waals surface area contributed by atoms with E-state index < -0.39 is 0 Å². The molecule has 0 saturated carbocycles. The highest BCUT2D eigenvalue weighted by Gasteiger charge is 2.11. The van der Waals surface area contributed by atoms with Gasteiger partial charge >= 0.3 is 0 Å². The van der Waals surface area contributed by atoms with Crippen molar-refractivity contribution in [2.75, 3.05) is 17.2 Å². The number of pyridine rings is 1. The molecule has 1 aromatic heterocycles. The van der Waals surface area contributed by atoms with E-state index in [0.717, 1.165) is 18.1 Å². The van der Waals surface area contributed by atoms with Gasteiger partial charge < -0.3 is 10.6 Å². The van der Waals surface area contributed by atoms with Crippen molar-refractivity contribution in [2.45, 2.75) is 26.8 Å². The first kappa shape index (κ1) is 9.84. The van der Waals surface area contributed by atoms with Gasteiger partial charge in [0.1, 0.15) is 0 Å². The van der Waals surface area contributed by atoms with Gasteiger partial charge in [-0.25, -0.2) is 4.98 Å². The molecule has 0 aromatic carbocycles. The molecule has 1 rings (SSSR count). The predicted molar refractivity (Wildman–Crippen MR) is 56.8 cm³/mol. The smallest absolute Gasteiger partial charge is 0.151 e. The maximum absolute atomic E-state index is 5.83. The van der Waals surface area contributed by atoms with Crippen LogP contribution in [0.3, 0.4) is 0 Å². The quantitative estimate of drug-likeness (QED) is 0.770. The Hall–Kier alpha value is -1.25. The van der Waals surface area contributed by atoms with Gasteiger partial charge in [0.2, 0.25) is 0 Å². The van der Waals surface area contributed by atoms with Gasteiger partial charge in [-0.05, 0) is 32.9 Å². The fourth-order valence-corrected chi connectivity index (χ4v) is 1.41. The van der Waals surface area contributed by atoms with Crippen molar-refractivity contribution in [1.82, 2.24) is 4.98 Å². The molecule has 3 nitrogen and oxygen atoms in total. The molecule has 1 heterocycles. The molecule has 0 unspecified atom stereocenters. The molecule has 3 heteroatoms. The zero-order chi connectivity index (χ0) is 9.84. The first-order chi connectivity index (χ1) is 6.16. The Morgan fingerprint density at radius 3 is 2.69 bits per heavy atom. The molecule has 0 atom stereocenters. The maximum atomic E-state index is 5.83. The molecule has 1 aromatic rings. The first-order valence-electron chi connectivity index (χ1n) is 4.64. The Morgan fingerprint density at radius 2 is 2.23 bits per heavy atom. The second-order valence-corrected chi connectivity index (χ2v) is 3.30. The van der Waals surface area contributed by atoms with Crippen molar-refractivity contribution >= 4 is 11.5 Å². The predicted octanol–water partition coefficient (Wildman–Crippen LogP) is 1.90. The summed E-state index contributed by atoms with van der Waals surface area (Å²) in [6.07, 6.45) is 1.77. The first-order valence-corrected chi connectivity index (χ1v) is 4.64. The molecule has 0 amide bonds. The van der Waals surface area contributed by atoms with Gasteiger partial charge in [-0.3, -0.25) is 0 Å². The SMILES string of the molecule is CCN(c1ncccc1N)C(C)C. The minimum absolute atomic E-state index is 0.433. The fraction of sp³-hybridized carbons (Fsp3) is 0.500. The van der Waals surface area contributed by atoms with E-state index in [9.17, 15) is 0 Å². The fourth-order valence-electron chi connectivity index (χ4n) is 1.41. The van der Waals surface area contributed by atoms with E-state index in [0.29, 0.717) is 6.04 Å². The summed E-state index contributed by atoms with van der Waals surface area (Å²) in [6, 6.07) is 4.17. The lowest BCUT2D eigenvalue weighted by Gasteiger charge is -2.27. The molecule has 2 N–H and O–H groups in total. The van der Waals surface area contributed by atoms with Crippen LogP contribution in [-0.4, -0.2) is 17.6 Å². The average Bonchev–Trinajstić information content (AvgIpc) is 2.09. The third kappa shape index (κ3) is 2.11. The molecule has 0 aliphatic carbocycles. The monoisotopic (exact) mass is 179 g/mol. The Kier molecular flexibility index (Phi) is 3.12. The molecule has 0 aliphatic rings. The summed E-state index contributed by atoms with van der Waals surface area (Å²) in [4.78, 5) is 6.45. The zero-order valence-corrected chi connectivity index (χ0v) is 8.49. The van der Waals surface area contributed by atoms with Gasteiger partial charge in [0.05, 0.1) is 5.69 Å². The summed E-state index contributed by atoms with van der Waals surface area (Å²) in [5, 5.41) is 0. The third-order valence-corrected chi connectivity index (χ3v) is 2.05. The van der Waals surface area contributed by atoms with E-state index in [1.165, 1.54) is 0 Å². The molecule has 0 spiro atoms. The van der Waals surface area contributed by atoms with E-state index in [1.54, 1.807) is 6.20 Å². The summed E-state index contributed by atoms with van der Waals surface area (Å²) >= 11 is 0. The van der Waals surface area contributed by atoms with Gasteiger partial charge in [-0.15, -0.1) is 0 Å². The van der Waals surface area contributed by atoms with Crippen molar-refractivity contribution in [1.29, 1.82) is 0 Å². The van der Waals surface area contributed by atoms with Crippen molar-refractivity contribution in [3.05, 3.63) is 18.3 Å². The second kappa shape index (κ2) is 4.12. The van der Waals surface area contributed by atoms with Crippen LogP contribution < -0.4 is 10.6 Å². The van der Waals surface area contributed by atoms with Gasteiger partial charge in [0, 0.05) is 18.8 Å². The number of aromatic nitrogens is 1. The van der Waals surface area contributed by atoms with E-state index in [-0.39, 0.29) is 0 Å². The molecule has 0 radical (unpaired) electrons. The Bertz CT molecular complexity index is 271. The zero-order valence-electron chi connectivity index (χ0n) is 8.49. The standard InChI is InChI=1S/C10H17N3/c1-4-13(8(2)3)10-9(11)6-5-7-12-10/h5-8H,4,11H2,1-3H3. The van der Waals surface area contributed by atoms with Gasteiger partial charge in [-0.1, -0.05) is 0 Å². The van der Waals surface area contributed by atoms with E-state index in [1.807, 2.05) is 12.1 Å². The summed E-state index contributed by atoms with van der Waals surface area (Å²) in [6.45, 7) is 7.31. The maximum Gasteiger partial charge on any atom is 0.151 e. The Labute approximate surface area is 79.6 Å². The Balaban J connectivity index is 2.97. The lowest BCUT2D eigenvalue weighted by molar-refractivity contribution is 0.694. The second-order valence-electron chi connectivity index (χ2n) is 3.30. The normalized spacial score (nSPS) is 10.5. The van der Waals surface area contributed by atoms with Gasteiger partial charge in [0.25, 0.3) is 0 Å². The van der Waals surface area contributed by atoms with Crippen LogP contribution in [-0.2, 0) is 0 Å². The summed E-state index contributed by atoms with van der Waals surface area (Å²) in [7, 11) is 0. The van der Waals surface area contributed by atoms with Crippen LogP contribution >= 0.6 is 0 Å². The highest BCUT2D eigenvalue weighted by Crippen LogP contribution is 2.20. The number of nitrogens with two attached hydrogens (primary N) is 1. The van der Waals surface area contributed by atoms with E-state index >= 15 is 0 Å². The molecule has 0 fully saturated rings. The van der Waals surface area contributed by atoms with Crippen LogP contribution in [0.15, 0.2) is 18.3 Å². The lowest BCUT2D eigenvalue weighted by atomic mass is 10.3. The average molecular weight is 179 g/mol. The van der Waals surface area contributed by atoms with Crippen LogP contribution in [0.4, 0.5) is 11.5 Å². The number of anilines is 2.